The van der Waals surface area contributed by atoms with Crippen LogP contribution in [0.15, 0.2) is 36.8 Å². The lowest BCUT2D eigenvalue weighted by Gasteiger charge is -2.10. The van der Waals surface area contributed by atoms with Crippen molar-refractivity contribution in [2.45, 2.75) is 25.4 Å². The van der Waals surface area contributed by atoms with Crippen molar-refractivity contribution >= 4 is 17.5 Å². The molecule has 2 aromatic rings. The van der Waals surface area contributed by atoms with Crippen molar-refractivity contribution in [2.75, 3.05) is 17.7 Å². The molecule has 1 aromatic heterocycles. The van der Waals surface area contributed by atoms with E-state index in [1.54, 1.807) is 0 Å². The second-order valence-corrected chi connectivity index (χ2v) is 5.07. The second kappa shape index (κ2) is 5.87. The molecule has 0 unspecified atom stereocenters. The number of methoxy groups -OCH3 is 1. The minimum atomic E-state index is -0.473. The van der Waals surface area contributed by atoms with Gasteiger partial charge in [0.2, 0.25) is 0 Å². The summed E-state index contributed by atoms with van der Waals surface area (Å²) in [5, 5.41) is 5.99. The number of benzene rings is 1. The Bertz CT molecular complexity index is 634. The second-order valence-electron chi connectivity index (χ2n) is 5.07. The SMILES string of the molecule is COC(=O)Nc1cccc(NCc2cncn2C2CC2)c1. The smallest absolute Gasteiger partial charge is 0.411 e. The molecule has 1 aromatic carbocycles. The molecule has 0 atom stereocenters. The van der Waals surface area contributed by atoms with Gasteiger partial charge in [0, 0.05) is 23.6 Å². The number of anilines is 2. The molecule has 0 radical (unpaired) electrons. The highest BCUT2D eigenvalue weighted by molar-refractivity contribution is 5.85. The molecule has 21 heavy (non-hydrogen) atoms. The number of ether oxygens (including phenoxy) is 1. The zero-order chi connectivity index (χ0) is 14.7. The largest absolute Gasteiger partial charge is 0.453 e. The average molecular weight is 286 g/mol. The third-order valence-corrected chi connectivity index (χ3v) is 3.45. The minimum Gasteiger partial charge on any atom is -0.453 e. The molecule has 0 saturated heterocycles. The van der Waals surface area contributed by atoms with Gasteiger partial charge in [0.25, 0.3) is 0 Å². The van der Waals surface area contributed by atoms with E-state index in [1.807, 2.05) is 36.8 Å². The zero-order valence-electron chi connectivity index (χ0n) is 11.9. The van der Waals surface area contributed by atoms with Crippen LogP contribution in [0.25, 0.3) is 0 Å². The van der Waals surface area contributed by atoms with Crippen LogP contribution < -0.4 is 10.6 Å². The third-order valence-electron chi connectivity index (χ3n) is 3.45. The van der Waals surface area contributed by atoms with Gasteiger partial charge in [-0.25, -0.2) is 9.78 Å². The Morgan fingerprint density at radius 1 is 1.43 bits per heavy atom. The Hall–Kier alpha value is -2.50. The standard InChI is InChI=1S/C15H18N4O2/c1-21-15(20)18-12-4-2-3-11(7-12)17-9-14-8-16-10-19(14)13-5-6-13/h2-4,7-8,10,13,17H,5-6,9H2,1H3,(H,18,20). The van der Waals surface area contributed by atoms with Gasteiger partial charge in [-0.05, 0) is 31.0 Å². The summed E-state index contributed by atoms with van der Waals surface area (Å²) in [6.45, 7) is 0.707. The van der Waals surface area contributed by atoms with Gasteiger partial charge < -0.3 is 14.6 Å². The van der Waals surface area contributed by atoms with E-state index in [0.717, 1.165) is 5.69 Å². The highest BCUT2D eigenvalue weighted by Crippen LogP contribution is 2.35. The highest BCUT2D eigenvalue weighted by Gasteiger charge is 2.24. The molecule has 0 spiro atoms. The maximum Gasteiger partial charge on any atom is 0.411 e. The summed E-state index contributed by atoms with van der Waals surface area (Å²) in [7, 11) is 1.34. The minimum absolute atomic E-state index is 0.473. The normalized spacial score (nSPS) is 13.8. The lowest BCUT2D eigenvalue weighted by atomic mass is 10.2. The third kappa shape index (κ3) is 3.34. The molecule has 0 aliphatic heterocycles. The van der Waals surface area contributed by atoms with Crippen molar-refractivity contribution in [3.63, 3.8) is 0 Å². The van der Waals surface area contributed by atoms with E-state index in [9.17, 15) is 4.79 Å². The van der Waals surface area contributed by atoms with E-state index in [4.69, 9.17) is 0 Å². The van der Waals surface area contributed by atoms with E-state index in [-0.39, 0.29) is 0 Å². The van der Waals surface area contributed by atoms with E-state index in [0.29, 0.717) is 18.3 Å². The van der Waals surface area contributed by atoms with Crippen molar-refractivity contribution in [3.8, 4) is 0 Å². The van der Waals surface area contributed by atoms with Crippen LogP contribution in [0.5, 0.6) is 0 Å². The van der Waals surface area contributed by atoms with E-state index < -0.39 is 6.09 Å². The van der Waals surface area contributed by atoms with Gasteiger partial charge in [-0.1, -0.05) is 6.07 Å². The van der Waals surface area contributed by atoms with Crippen molar-refractivity contribution < 1.29 is 9.53 Å². The molecule has 6 nitrogen and oxygen atoms in total. The number of nitrogens with zero attached hydrogens (tertiary/aromatic N) is 2. The Balaban J connectivity index is 1.63. The number of carbonyl (C=O) groups excluding carboxylic acids is 1. The molecular formula is C15H18N4O2. The van der Waals surface area contributed by atoms with Gasteiger partial charge >= 0.3 is 6.09 Å². The topological polar surface area (TPSA) is 68.2 Å². The molecule has 1 aliphatic rings. The fraction of sp³-hybridized carbons (Fsp3) is 0.333. The van der Waals surface area contributed by atoms with Crippen molar-refractivity contribution in [1.29, 1.82) is 0 Å². The van der Waals surface area contributed by atoms with Crippen molar-refractivity contribution in [3.05, 3.63) is 42.5 Å². The van der Waals surface area contributed by atoms with Crippen LogP contribution in [0.3, 0.4) is 0 Å². The molecule has 1 amide bonds. The van der Waals surface area contributed by atoms with Gasteiger partial charge in [0.15, 0.2) is 0 Å². The lowest BCUT2D eigenvalue weighted by Crippen LogP contribution is -2.11. The summed E-state index contributed by atoms with van der Waals surface area (Å²) in [4.78, 5) is 15.4. The molecule has 3 rings (SSSR count). The maximum absolute atomic E-state index is 11.2. The zero-order valence-corrected chi connectivity index (χ0v) is 11.9. The summed E-state index contributed by atoms with van der Waals surface area (Å²) >= 11 is 0. The molecule has 1 aliphatic carbocycles. The Morgan fingerprint density at radius 2 is 2.24 bits per heavy atom. The highest BCUT2D eigenvalue weighted by atomic mass is 16.5. The van der Waals surface area contributed by atoms with Crippen molar-refractivity contribution in [2.24, 2.45) is 0 Å². The van der Waals surface area contributed by atoms with E-state index in [1.165, 1.54) is 25.6 Å². The van der Waals surface area contributed by atoms with Gasteiger partial charge in [-0.15, -0.1) is 0 Å². The fourth-order valence-corrected chi connectivity index (χ4v) is 2.22. The molecule has 0 bridgehead atoms. The Labute approximate surface area is 123 Å². The molecule has 1 saturated carbocycles. The van der Waals surface area contributed by atoms with Crippen LogP contribution >= 0.6 is 0 Å². The van der Waals surface area contributed by atoms with E-state index in [2.05, 4.69) is 24.9 Å². The van der Waals surface area contributed by atoms with Crippen LogP contribution in [0.1, 0.15) is 24.6 Å². The van der Waals surface area contributed by atoms with Crippen LogP contribution in [-0.4, -0.2) is 22.8 Å². The number of hydrogen-bond donors (Lipinski definition) is 2. The number of nitrogens with one attached hydrogen (secondary N) is 2. The van der Waals surface area contributed by atoms with Crippen LogP contribution in [0, 0.1) is 0 Å². The van der Waals surface area contributed by atoms with Crippen LogP contribution in [-0.2, 0) is 11.3 Å². The number of amides is 1. The van der Waals surface area contributed by atoms with Crippen LogP contribution in [0.4, 0.5) is 16.2 Å². The van der Waals surface area contributed by atoms with Gasteiger partial charge in [-0.2, -0.15) is 0 Å². The van der Waals surface area contributed by atoms with Gasteiger partial charge in [-0.3, -0.25) is 5.32 Å². The molecule has 2 N–H and O–H groups in total. The summed E-state index contributed by atoms with van der Waals surface area (Å²) < 4.78 is 6.81. The fourth-order valence-electron chi connectivity index (χ4n) is 2.22. The summed E-state index contributed by atoms with van der Waals surface area (Å²) in [6.07, 6.45) is 5.79. The lowest BCUT2D eigenvalue weighted by molar-refractivity contribution is 0.187. The quantitative estimate of drug-likeness (QED) is 0.886. The number of carbonyl (C=O) groups is 1. The maximum atomic E-state index is 11.2. The molecule has 1 heterocycles. The number of imidazole rings is 1. The average Bonchev–Trinajstić information content (AvgIpc) is 3.24. The van der Waals surface area contributed by atoms with Crippen LogP contribution in [0.2, 0.25) is 0 Å². The summed E-state index contributed by atoms with van der Waals surface area (Å²) in [6, 6.07) is 8.15. The Morgan fingerprint density at radius 3 is 3.00 bits per heavy atom. The number of aromatic nitrogens is 2. The first-order valence-electron chi connectivity index (χ1n) is 6.96. The van der Waals surface area contributed by atoms with Crippen molar-refractivity contribution in [1.82, 2.24) is 9.55 Å². The summed E-state index contributed by atoms with van der Waals surface area (Å²) in [5.74, 6) is 0. The predicted molar refractivity (Wildman–Crippen MR) is 80.3 cm³/mol. The number of hydrogen-bond acceptors (Lipinski definition) is 4. The first kappa shape index (κ1) is 13.5. The molecule has 110 valence electrons. The number of rotatable bonds is 5. The molecule has 6 heteroatoms. The first-order chi connectivity index (χ1) is 10.3. The molecular weight excluding hydrogens is 268 g/mol. The monoisotopic (exact) mass is 286 g/mol. The Kier molecular flexibility index (Phi) is 3.77. The van der Waals surface area contributed by atoms with Gasteiger partial charge in [0.1, 0.15) is 0 Å². The molecule has 1 fully saturated rings. The van der Waals surface area contributed by atoms with E-state index >= 15 is 0 Å². The van der Waals surface area contributed by atoms with Gasteiger partial charge in [0.05, 0.1) is 25.7 Å². The predicted octanol–water partition coefficient (Wildman–Crippen LogP) is 3.01. The first-order valence-corrected chi connectivity index (χ1v) is 6.96. The summed E-state index contributed by atoms with van der Waals surface area (Å²) in [5.41, 5.74) is 2.80.